The van der Waals surface area contributed by atoms with E-state index in [1.54, 1.807) is 18.2 Å². The van der Waals surface area contributed by atoms with Crippen molar-refractivity contribution in [1.82, 2.24) is 4.90 Å². The number of ether oxygens (including phenoxy) is 1. The Balaban J connectivity index is 0.00000225. The van der Waals surface area contributed by atoms with E-state index in [-0.39, 0.29) is 34.8 Å². The van der Waals surface area contributed by atoms with Crippen molar-refractivity contribution in [2.45, 2.75) is 11.9 Å². The molecule has 0 saturated carbocycles. The van der Waals surface area contributed by atoms with Crippen LogP contribution in [-0.2, 0) is 6.61 Å². The first-order chi connectivity index (χ1) is 11.6. The van der Waals surface area contributed by atoms with E-state index >= 15 is 0 Å². The maximum absolute atomic E-state index is 11.4. The van der Waals surface area contributed by atoms with Crippen LogP contribution in [0.1, 0.15) is 32.3 Å². The number of carboxylic acid groups (broad SMARTS) is 1. The molecule has 0 radical (unpaired) electrons. The van der Waals surface area contributed by atoms with Gasteiger partial charge in [-0.15, -0.1) is 11.8 Å². The molecule has 25 heavy (non-hydrogen) atoms. The van der Waals surface area contributed by atoms with Gasteiger partial charge in [0.1, 0.15) is 12.4 Å². The van der Waals surface area contributed by atoms with Gasteiger partial charge in [0.25, 0.3) is 0 Å². The zero-order valence-electron chi connectivity index (χ0n) is 13.9. The van der Waals surface area contributed by atoms with Gasteiger partial charge < -0.3 is 14.7 Å². The van der Waals surface area contributed by atoms with Crippen LogP contribution in [0.3, 0.4) is 0 Å². The molecule has 0 aliphatic carbocycles. The third-order valence-corrected chi connectivity index (χ3v) is 5.34. The van der Waals surface area contributed by atoms with Gasteiger partial charge in [-0.3, -0.25) is 0 Å². The van der Waals surface area contributed by atoms with E-state index in [2.05, 4.69) is 31.1 Å². The summed E-state index contributed by atoms with van der Waals surface area (Å²) in [7, 11) is 4.11. The maximum atomic E-state index is 11.4. The van der Waals surface area contributed by atoms with Crippen LogP contribution < -0.4 is 4.74 Å². The molecular weight excluding hydrogens is 345 g/mol. The fourth-order valence-corrected chi connectivity index (χ4v) is 4.27. The normalized spacial score (nSPS) is 15.4. The molecule has 2 aromatic rings. The molecule has 6 heteroatoms. The van der Waals surface area contributed by atoms with Gasteiger partial charge in [-0.1, -0.05) is 24.3 Å². The van der Waals surface area contributed by atoms with Crippen LogP contribution in [0.5, 0.6) is 5.75 Å². The van der Waals surface area contributed by atoms with Crippen molar-refractivity contribution in [3.8, 4) is 5.75 Å². The minimum atomic E-state index is -0.910. The molecule has 128 valence electrons. The van der Waals surface area contributed by atoms with Crippen molar-refractivity contribution >= 4 is 47.3 Å². The number of carboxylic acids is 1. The number of nitrogens with zero attached hydrogens (tertiary/aromatic N) is 1. The van der Waals surface area contributed by atoms with Gasteiger partial charge in [-0.25, -0.2) is 4.79 Å². The van der Waals surface area contributed by atoms with Gasteiger partial charge in [-0.2, -0.15) is 0 Å². The first kappa shape index (κ1) is 20.3. The van der Waals surface area contributed by atoms with E-state index in [1.807, 2.05) is 23.9 Å². The summed E-state index contributed by atoms with van der Waals surface area (Å²) >= 11 is 1.83. The predicted octanol–water partition coefficient (Wildman–Crippen LogP) is 3.01. The Labute approximate surface area is 174 Å². The molecule has 1 aliphatic heterocycles. The molecule has 0 amide bonds. The summed E-state index contributed by atoms with van der Waals surface area (Å²) in [4.78, 5) is 13.5. The van der Waals surface area contributed by atoms with Gasteiger partial charge in [0.2, 0.25) is 0 Å². The Morgan fingerprint density at radius 3 is 2.72 bits per heavy atom. The van der Waals surface area contributed by atoms with Gasteiger partial charge >= 0.3 is 35.5 Å². The molecule has 1 aliphatic rings. The molecule has 1 heterocycles. The van der Waals surface area contributed by atoms with E-state index < -0.39 is 5.97 Å². The van der Waals surface area contributed by atoms with Crippen LogP contribution in [-0.4, -0.2) is 71.9 Å². The van der Waals surface area contributed by atoms with Crippen LogP contribution in [0.4, 0.5) is 0 Å². The zero-order chi connectivity index (χ0) is 17.1. The summed E-state index contributed by atoms with van der Waals surface area (Å²) in [5, 5.41) is 9.41. The summed E-state index contributed by atoms with van der Waals surface area (Å²) in [6, 6.07) is 13.4. The quantitative estimate of drug-likeness (QED) is 0.824. The van der Waals surface area contributed by atoms with Gasteiger partial charge in [0.05, 0.1) is 10.8 Å². The zero-order valence-corrected chi connectivity index (χ0v) is 14.7. The SMILES string of the molecule is CN(C)CCSC1c2ccccc2COc2ccc(C(=O)O)cc21.[NaH]. The van der Waals surface area contributed by atoms with Crippen LogP contribution in [0.2, 0.25) is 0 Å². The molecule has 1 atom stereocenters. The standard InChI is InChI=1S/C19H21NO3S.Na.H/c1-20(2)9-10-24-18-15-6-4-3-5-14(15)12-23-17-8-7-13(19(21)22)11-16(17)18;;/h3-8,11,18H,9-10,12H2,1-2H3,(H,21,22);;. The van der Waals surface area contributed by atoms with Gasteiger partial charge in [-0.05, 0) is 43.4 Å². The third kappa shape index (κ3) is 4.80. The second kappa shape index (κ2) is 9.10. The van der Waals surface area contributed by atoms with E-state index in [0.29, 0.717) is 12.2 Å². The summed E-state index contributed by atoms with van der Waals surface area (Å²) < 4.78 is 5.95. The Hall–Kier alpha value is -0.980. The summed E-state index contributed by atoms with van der Waals surface area (Å²) in [5.74, 6) is 0.828. The van der Waals surface area contributed by atoms with Crippen molar-refractivity contribution in [3.63, 3.8) is 0 Å². The Morgan fingerprint density at radius 1 is 1.24 bits per heavy atom. The van der Waals surface area contributed by atoms with Crippen molar-refractivity contribution in [2.24, 2.45) is 0 Å². The molecule has 0 spiro atoms. The second-order valence-electron chi connectivity index (χ2n) is 6.10. The van der Waals surface area contributed by atoms with Crippen LogP contribution in [0.15, 0.2) is 42.5 Å². The number of carbonyl (C=O) groups is 1. The molecule has 0 saturated heterocycles. The minimum absolute atomic E-state index is 0. The second-order valence-corrected chi connectivity index (χ2v) is 7.31. The molecule has 0 fully saturated rings. The number of hydrogen-bond donors (Lipinski definition) is 1. The van der Waals surface area contributed by atoms with Crippen LogP contribution in [0, 0.1) is 0 Å². The molecule has 0 bridgehead atoms. The summed E-state index contributed by atoms with van der Waals surface area (Å²) in [5.41, 5.74) is 3.62. The number of thioether (sulfide) groups is 1. The number of hydrogen-bond acceptors (Lipinski definition) is 4. The average Bonchev–Trinajstić information content (AvgIpc) is 2.71. The van der Waals surface area contributed by atoms with Crippen LogP contribution >= 0.6 is 11.8 Å². The number of fused-ring (bicyclic) bond motifs is 2. The van der Waals surface area contributed by atoms with Crippen molar-refractivity contribution in [1.29, 1.82) is 0 Å². The topological polar surface area (TPSA) is 49.8 Å². The number of rotatable bonds is 5. The first-order valence-corrected chi connectivity index (χ1v) is 8.95. The molecule has 0 aromatic heterocycles. The fraction of sp³-hybridized carbons (Fsp3) is 0.316. The van der Waals surface area contributed by atoms with Gasteiger partial charge in [0, 0.05) is 17.9 Å². The molecular formula is C19H22NNaO3S. The number of aromatic carboxylic acids is 1. The summed E-state index contributed by atoms with van der Waals surface area (Å²) in [6.45, 7) is 1.48. The Bertz CT molecular complexity index is 751. The van der Waals surface area contributed by atoms with Crippen molar-refractivity contribution in [2.75, 3.05) is 26.4 Å². The van der Waals surface area contributed by atoms with Crippen molar-refractivity contribution < 1.29 is 14.6 Å². The molecule has 2 aromatic carbocycles. The van der Waals surface area contributed by atoms with Crippen molar-refractivity contribution in [3.05, 3.63) is 64.7 Å². The molecule has 1 unspecified atom stereocenters. The Morgan fingerprint density at radius 2 is 2.00 bits per heavy atom. The average molecular weight is 367 g/mol. The van der Waals surface area contributed by atoms with E-state index in [0.717, 1.165) is 29.2 Å². The van der Waals surface area contributed by atoms with E-state index in [9.17, 15) is 9.90 Å². The Kier molecular flexibility index (Phi) is 7.40. The third-order valence-electron chi connectivity index (χ3n) is 4.08. The monoisotopic (exact) mass is 367 g/mol. The predicted molar refractivity (Wildman–Crippen MR) is 104 cm³/mol. The number of benzene rings is 2. The fourth-order valence-electron chi connectivity index (χ4n) is 2.79. The molecule has 4 nitrogen and oxygen atoms in total. The van der Waals surface area contributed by atoms with E-state index in [1.165, 1.54) is 5.56 Å². The molecule has 3 rings (SSSR count). The van der Waals surface area contributed by atoms with Crippen LogP contribution in [0.25, 0.3) is 0 Å². The first-order valence-electron chi connectivity index (χ1n) is 7.90. The summed E-state index contributed by atoms with van der Waals surface area (Å²) in [6.07, 6.45) is 0. The van der Waals surface area contributed by atoms with E-state index in [4.69, 9.17) is 4.74 Å². The molecule has 1 N–H and O–H groups in total. The van der Waals surface area contributed by atoms with Gasteiger partial charge in [0.15, 0.2) is 0 Å².